The van der Waals surface area contributed by atoms with E-state index in [0.29, 0.717) is 23.3 Å². The van der Waals surface area contributed by atoms with Crippen molar-refractivity contribution in [3.8, 4) is 11.8 Å². The number of primary amides is 2. The van der Waals surface area contributed by atoms with Gasteiger partial charge in [0.05, 0.1) is 11.6 Å². The van der Waals surface area contributed by atoms with Crippen molar-refractivity contribution in [3.63, 3.8) is 0 Å². The number of nitrogens with two attached hydrogens (primary N) is 2. The van der Waals surface area contributed by atoms with Crippen LogP contribution in [0.3, 0.4) is 0 Å². The molecule has 0 saturated heterocycles. The van der Waals surface area contributed by atoms with Gasteiger partial charge in [-0.3, -0.25) is 9.59 Å². The molecule has 0 atom stereocenters. The number of ether oxygens (including phenoxy) is 1. The van der Waals surface area contributed by atoms with Crippen molar-refractivity contribution >= 4 is 11.8 Å². The van der Waals surface area contributed by atoms with Crippen LogP contribution < -0.4 is 16.2 Å². The maximum atomic E-state index is 11.5. The maximum Gasteiger partial charge on any atom is 0.255 e. The van der Waals surface area contributed by atoms with Gasteiger partial charge < -0.3 is 16.2 Å². The topological polar surface area (TPSA) is 119 Å². The predicted molar refractivity (Wildman–Crippen MR) is 83.6 cm³/mol. The smallest absolute Gasteiger partial charge is 0.255 e. The number of hydrogen-bond acceptors (Lipinski definition) is 4. The number of benzene rings is 2. The Balaban J connectivity index is 2.37. The van der Waals surface area contributed by atoms with Crippen LogP contribution in [-0.4, -0.2) is 18.4 Å². The summed E-state index contributed by atoms with van der Waals surface area (Å²) in [5, 5.41) is 8.98. The minimum absolute atomic E-state index is 0.292. The fourth-order valence-corrected chi connectivity index (χ4v) is 2.17. The lowest BCUT2D eigenvalue weighted by atomic mass is 9.98. The van der Waals surface area contributed by atoms with Crippen molar-refractivity contribution in [3.05, 3.63) is 64.7 Å². The van der Waals surface area contributed by atoms with E-state index >= 15 is 0 Å². The Morgan fingerprint density at radius 2 is 1.83 bits per heavy atom. The highest BCUT2D eigenvalue weighted by molar-refractivity contribution is 5.94. The molecule has 2 amide bonds. The van der Waals surface area contributed by atoms with E-state index in [0.717, 1.165) is 11.1 Å². The summed E-state index contributed by atoms with van der Waals surface area (Å²) in [6, 6.07) is 13.9. The van der Waals surface area contributed by atoms with E-state index in [2.05, 4.69) is 0 Å². The Morgan fingerprint density at radius 1 is 1.09 bits per heavy atom. The first kappa shape index (κ1) is 16.0. The fraction of sp³-hybridized carbons (Fsp3) is 0.118. The molecule has 0 bridgehead atoms. The molecule has 0 saturated carbocycles. The number of carbonyl (C=O) groups excluding carboxylic acids is 2. The van der Waals surface area contributed by atoms with E-state index in [1.54, 1.807) is 36.4 Å². The van der Waals surface area contributed by atoms with Gasteiger partial charge in [-0.15, -0.1) is 0 Å². The zero-order chi connectivity index (χ0) is 16.8. The molecule has 0 aliphatic carbocycles. The fourth-order valence-electron chi connectivity index (χ4n) is 2.17. The number of hydrogen-bond donors (Lipinski definition) is 2. The molecule has 6 nitrogen and oxygen atoms in total. The molecule has 6 heteroatoms. The minimum atomic E-state index is -0.615. The Hall–Kier alpha value is -3.33. The second-order valence-electron chi connectivity index (χ2n) is 4.89. The van der Waals surface area contributed by atoms with Crippen molar-refractivity contribution in [1.29, 1.82) is 5.26 Å². The lowest BCUT2D eigenvalue weighted by Gasteiger charge is -2.12. The van der Waals surface area contributed by atoms with Crippen molar-refractivity contribution < 1.29 is 14.3 Å². The zero-order valence-electron chi connectivity index (χ0n) is 12.3. The van der Waals surface area contributed by atoms with E-state index in [-0.39, 0.29) is 6.61 Å². The molecule has 23 heavy (non-hydrogen) atoms. The van der Waals surface area contributed by atoms with Crippen LogP contribution in [0.5, 0.6) is 5.75 Å². The van der Waals surface area contributed by atoms with E-state index in [9.17, 15) is 9.59 Å². The van der Waals surface area contributed by atoms with E-state index in [4.69, 9.17) is 21.5 Å². The number of amides is 2. The summed E-state index contributed by atoms with van der Waals surface area (Å²) >= 11 is 0. The third kappa shape index (κ3) is 4.08. The van der Waals surface area contributed by atoms with Gasteiger partial charge in [0, 0.05) is 12.0 Å². The van der Waals surface area contributed by atoms with Gasteiger partial charge in [0.15, 0.2) is 6.61 Å². The number of nitriles is 1. The summed E-state index contributed by atoms with van der Waals surface area (Å²) in [4.78, 5) is 22.4. The molecule has 0 aliphatic heterocycles. The quantitative estimate of drug-likeness (QED) is 0.830. The van der Waals surface area contributed by atoms with E-state index in [1.165, 1.54) is 6.07 Å². The van der Waals surface area contributed by atoms with Crippen LogP contribution in [0.1, 0.15) is 27.0 Å². The molecule has 0 aromatic heterocycles. The summed E-state index contributed by atoms with van der Waals surface area (Å²) in [6.45, 7) is -0.292. The summed E-state index contributed by atoms with van der Waals surface area (Å²) in [7, 11) is 0. The second-order valence-corrected chi connectivity index (χ2v) is 4.89. The van der Waals surface area contributed by atoms with Crippen LogP contribution in [0.2, 0.25) is 0 Å². The third-order valence-corrected chi connectivity index (χ3v) is 3.23. The van der Waals surface area contributed by atoms with Gasteiger partial charge in [-0.2, -0.15) is 5.26 Å². The lowest BCUT2D eigenvalue weighted by Crippen LogP contribution is -2.20. The second kappa shape index (κ2) is 7.09. The molecule has 4 N–H and O–H groups in total. The number of carbonyl (C=O) groups is 2. The standard InChI is InChI=1S/C17H15N3O3/c18-9-11-5-6-13(15(7-11)23-10-16(19)21)8-12-3-1-2-4-14(12)17(20)22/h1-7H,8,10H2,(H2,19,21)(H2,20,22). The van der Waals surface area contributed by atoms with Gasteiger partial charge in [0.2, 0.25) is 5.91 Å². The number of nitrogens with zero attached hydrogens (tertiary/aromatic N) is 1. The van der Waals surface area contributed by atoms with Crippen LogP contribution in [0.4, 0.5) is 0 Å². The minimum Gasteiger partial charge on any atom is -0.483 e. The van der Waals surface area contributed by atoms with Crippen molar-refractivity contribution in [2.75, 3.05) is 6.61 Å². The summed E-state index contributed by atoms with van der Waals surface area (Å²) < 4.78 is 5.37. The van der Waals surface area contributed by atoms with Crippen molar-refractivity contribution in [1.82, 2.24) is 0 Å². The normalized spacial score (nSPS) is 9.87. The average molecular weight is 309 g/mol. The van der Waals surface area contributed by atoms with Crippen LogP contribution in [-0.2, 0) is 11.2 Å². The largest absolute Gasteiger partial charge is 0.483 e. The SMILES string of the molecule is N#Cc1ccc(Cc2ccccc2C(N)=O)c(OCC(N)=O)c1. The molecule has 0 radical (unpaired) electrons. The first-order chi connectivity index (χ1) is 11.0. The molecule has 116 valence electrons. The van der Waals surface area contributed by atoms with E-state index in [1.807, 2.05) is 6.07 Å². The number of rotatable bonds is 6. The van der Waals surface area contributed by atoms with Crippen LogP contribution in [0, 0.1) is 11.3 Å². The first-order valence-corrected chi connectivity index (χ1v) is 6.83. The van der Waals surface area contributed by atoms with Crippen LogP contribution in [0.15, 0.2) is 42.5 Å². The van der Waals surface area contributed by atoms with Gasteiger partial charge >= 0.3 is 0 Å². The van der Waals surface area contributed by atoms with Crippen LogP contribution in [0.25, 0.3) is 0 Å². The Morgan fingerprint density at radius 3 is 2.48 bits per heavy atom. The molecular formula is C17H15N3O3. The molecule has 0 spiro atoms. The monoisotopic (exact) mass is 309 g/mol. The molecule has 0 fully saturated rings. The third-order valence-electron chi connectivity index (χ3n) is 3.23. The summed E-state index contributed by atoms with van der Waals surface area (Å²) in [6.07, 6.45) is 0.374. The van der Waals surface area contributed by atoms with Gasteiger partial charge in [-0.05, 0) is 29.3 Å². The first-order valence-electron chi connectivity index (χ1n) is 6.83. The molecule has 2 aromatic carbocycles. The Bertz CT molecular complexity index is 794. The highest BCUT2D eigenvalue weighted by Crippen LogP contribution is 2.24. The van der Waals surface area contributed by atoms with E-state index < -0.39 is 11.8 Å². The van der Waals surface area contributed by atoms with Gasteiger partial charge in [-0.25, -0.2) is 0 Å². The maximum absolute atomic E-state index is 11.5. The molecule has 0 unspecified atom stereocenters. The summed E-state index contributed by atoms with van der Waals surface area (Å²) in [5.74, 6) is -0.758. The highest BCUT2D eigenvalue weighted by Gasteiger charge is 2.12. The average Bonchev–Trinajstić information content (AvgIpc) is 2.54. The molecule has 2 rings (SSSR count). The van der Waals surface area contributed by atoms with Crippen LogP contribution >= 0.6 is 0 Å². The lowest BCUT2D eigenvalue weighted by molar-refractivity contribution is -0.119. The summed E-state index contributed by atoms with van der Waals surface area (Å²) in [5.41, 5.74) is 12.7. The Labute approximate surface area is 133 Å². The van der Waals surface area contributed by atoms with Gasteiger partial charge in [0.25, 0.3) is 5.91 Å². The zero-order valence-corrected chi connectivity index (χ0v) is 12.3. The molecule has 0 aliphatic rings. The molecular weight excluding hydrogens is 294 g/mol. The molecule has 2 aromatic rings. The predicted octanol–water partition coefficient (Wildman–Crippen LogP) is 1.11. The van der Waals surface area contributed by atoms with Crippen molar-refractivity contribution in [2.45, 2.75) is 6.42 Å². The van der Waals surface area contributed by atoms with Gasteiger partial charge in [-0.1, -0.05) is 24.3 Å². The highest BCUT2D eigenvalue weighted by atomic mass is 16.5. The van der Waals surface area contributed by atoms with Crippen molar-refractivity contribution in [2.24, 2.45) is 11.5 Å². The van der Waals surface area contributed by atoms with Gasteiger partial charge in [0.1, 0.15) is 5.75 Å². The Kier molecular flexibility index (Phi) is 4.95. The molecule has 0 heterocycles.